The summed E-state index contributed by atoms with van der Waals surface area (Å²) >= 11 is 1.60. The Hall–Kier alpha value is -2.15. The molecule has 0 spiro atoms. The molecule has 0 aliphatic rings. The fourth-order valence-electron chi connectivity index (χ4n) is 2.03. The van der Waals surface area contributed by atoms with Crippen LogP contribution in [-0.2, 0) is 6.54 Å². The lowest BCUT2D eigenvalue weighted by molar-refractivity contribution is 0.223. The Morgan fingerprint density at radius 2 is 2.25 bits per heavy atom. The highest BCUT2D eigenvalue weighted by molar-refractivity contribution is 7.09. The Kier molecular flexibility index (Phi) is 6.99. The van der Waals surface area contributed by atoms with Gasteiger partial charge in [-0.3, -0.25) is 0 Å². The SMILES string of the molecule is CCNC(=NCc1scnc1C)NCC(C)Oc1cccc(F)c1. The minimum Gasteiger partial charge on any atom is -0.489 e. The van der Waals surface area contributed by atoms with Gasteiger partial charge in [-0.1, -0.05) is 6.07 Å². The average Bonchev–Trinajstić information content (AvgIpc) is 2.95. The second kappa shape index (κ2) is 9.22. The molecule has 2 N–H and O–H groups in total. The number of benzene rings is 1. The molecule has 1 unspecified atom stereocenters. The third-order valence-electron chi connectivity index (χ3n) is 3.26. The molecule has 0 saturated carbocycles. The molecule has 1 aromatic carbocycles. The molecular weight excluding hydrogens is 327 g/mol. The molecule has 0 aliphatic heterocycles. The Morgan fingerprint density at radius 3 is 2.92 bits per heavy atom. The number of hydrogen-bond acceptors (Lipinski definition) is 4. The van der Waals surface area contributed by atoms with Crippen LogP contribution in [0.5, 0.6) is 5.75 Å². The van der Waals surface area contributed by atoms with E-state index in [0.717, 1.165) is 23.1 Å². The lowest BCUT2D eigenvalue weighted by Gasteiger charge is -2.17. The van der Waals surface area contributed by atoms with Crippen molar-refractivity contribution in [2.75, 3.05) is 13.1 Å². The maximum atomic E-state index is 13.2. The molecule has 0 amide bonds. The van der Waals surface area contributed by atoms with Gasteiger partial charge in [0.15, 0.2) is 5.96 Å². The van der Waals surface area contributed by atoms with Crippen LogP contribution in [0, 0.1) is 12.7 Å². The van der Waals surface area contributed by atoms with Crippen molar-refractivity contribution in [3.8, 4) is 5.75 Å². The molecule has 7 heteroatoms. The molecule has 1 aromatic heterocycles. The molecule has 0 bridgehead atoms. The van der Waals surface area contributed by atoms with Gasteiger partial charge in [0.05, 0.1) is 24.3 Å². The van der Waals surface area contributed by atoms with Crippen molar-refractivity contribution in [3.63, 3.8) is 0 Å². The molecule has 2 aromatic rings. The minimum atomic E-state index is -0.303. The summed E-state index contributed by atoms with van der Waals surface area (Å²) in [6.07, 6.45) is -0.124. The maximum absolute atomic E-state index is 13.2. The van der Waals surface area contributed by atoms with E-state index >= 15 is 0 Å². The quantitative estimate of drug-likeness (QED) is 0.595. The number of aryl methyl sites for hydroxylation is 1. The highest BCUT2D eigenvalue weighted by atomic mass is 32.1. The van der Waals surface area contributed by atoms with E-state index in [1.165, 1.54) is 12.1 Å². The summed E-state index contributed by atoms with van der Waals surface area (Å²) in [5, 5.41) is 6.44. The molecule has 130 valence electrons. The molecule has 1 heterocycles. The fraction of sp³-hybridized carbons (Fsp3) is 0.412. The summed E-state index contributed by atoms with van der Waals surface area (Å²) < 4.78 is 18.9. The summed E-state index contributed by atoms with van der Waals surface area (Å²) in [4.78, 5) is 9.94. The lowest BCUT2D eigenvalue weighted by atomic mass is 10.3. The number of nitrogens with one attached hydrogen (secondary N) is 2. The zero-order valence-corrected chi connectivity index (χ0v) is 15.0. The monoisotopic (exact) mass is 350 g/mol. The van der Waals surface area contributed by atoms with Crippen LogP contribution in [0.15, 0.2) is 34.8 Å². The van der Waals surface area contributed by atoms with Crippen LogP contribution in [0.2, 0.25) is 0 Å². The van der Waals surface area contributed by atoms with E-state index in [9.17, 15) is 4.39 Å². The number of thiazole rings is 1. The predicted molar refractivity (Wildman–Crippen MR) is 96.2 cm³/mol. The van der Waals surface area contributed by atoms with E-state index in [-0.39, 0.29) is 11.9 Å². The number of guanidine groups is 1. The summed E-state index contributed by atoms with van der Waals surface area (Å²) in [6, 6.07) is 6.15. The number of ether oxygens (including phenoxy) is 1. The van der Waals surface area contributed by atoms with Gasteiger partial charge < -0.3 is 15.4 Å². The number of rotatable bonds is 7. The number of hydrogen-bond donors (Lipinski definition) is 2. The van der Waals surface area contributed by atoms with Gasteiger partial charge in [0.1, 0.15) is 17.7 Å². The van der Waals surface area contributed by atoms with E-state index in [0.29, 0.717) is 18.8 Å². The van der Waals surface area contributed by atoms with Gasteiger partial charge >= 0.3 is 0 Å². The number of aliphatic imine (C=N–C) groups is 1. The van der Waals surface area contributed by atoms with E-state index in [1.807, 2.05) is 26.3 Å². The van der Waals surface area contributed by atoms with Crippen molar-refractivity contribution < 1.29 is 9.13 Å². The Balaban J connectivity index is 1.87. The van der Waals surface area contributed by atoms with Gasteiger partial charge in [-0.05, 0) is 32.9 Å². The average molecular weight is 350 g/mol. The molecule has 24 heavy (non-hydrogen) atoms. The molecular formula is C17H23FN4OS. The Labute approximate surface area is 146 Å². The second-order valence-electron chi connectivity index (χ2n) is 5.32. The first-order valence-corrected chi connectivity index (χ1v) is 8.79. The molecule has 1 atom stereocenters. The van der Waals surface area contributed by atoms with Crippen LogP contribution >= 0.6 is 11.3 Å². The van der Waals surface area contributed by atoms with Crippen molar-refractivity contribution in [2.24, 2.45) is 4.99 Å². The van der Waals surface area contributed by atoms with Crippen molar-refractivity contribution in [2.45, 2.75) is 33.4 Å². The van der Waals surface area contributed by atoms with Gasteiger partial charge in [0.2, 0.25) is 0 Å². The topological polar surface area (TPSA) is 58.5 Å². The molecule has 2 rings (SSSR count). The van der Waals surface area contributed by atoms with Crippen LogP contribution in [0.3, 0.4) is 0 Å². The van der Waals surface area contributed by atoms with Crippen LogP contribution < -0.4 is 15.4 Å². The number of aromatic nitrogens is 1. The van der Waals surface area contributed by atoms with Crippen LogP contribution in [0.4, 0.5) is 4.39 Å². The minimum absolute atomic E-state index is 0.124. The molecule has 0 saturated heterocycles. The predicted octanol–water partition coefficient (Wildman–Crippen LogP) is 3.11. The van der Waals surface area contributed by atoms with Crippen LogP contribution in [0.25, 0.3) is 0 Å². The van der Waals surface area contributed by atoms with Gasteiger partial charge in [-0.15, -0.1) is 11.3 Å². The van der Waals surface area contributed by atoms with E-state index in [4.69, 9.17) is 4.74 Å². The Bertz CT molecular complexity index is 674. The first-order chi connectivity index (χ1) is 11.6. The lowest BCUT2D eigenvalue weighted by Crippen LogP contribution is -2.41. The third-order valence-corrected chi connectivity index (χ3v) is 4.18. The first-order valence-electron chi connectivity index (χ1n) is 7.92. The molecule has 0 fully saturated rings. The maximum Gasteiger partial charge on any atom is 0.191 e. The summed E-state index contributed by atoms with van der Waals surface area (Å²) in [5.74, 6) is 0.939. The van der Waals surface area contributed by atoms with Crippen molar-refractivity contribution in [1.29, 1.82) is 0 Å². The summed E-state index contributed by atoms with van der Waals surface area (Å²) in [5.41, 5.74) is 2.84. The zero-order valence-electron chi connectivity index (χ0n) is 14.2. The largest absolute Gasteiger partial charge is 0.489 e. The summed E-state index contributed by atoms with van der Waals surface area (Å²) in [7, 11) is 0. The highest BCUT2D eigenvalue weighted by Gasteiger charge is 2.07. The van der Waals surface area contributed by atoms with Gasteiger partial charge in [0.25, 0.3) is 0 Å². The molecule has 5 nitrogen and oxygen atoms in total. The van der Waals surface area contributed by atoms with Gasteiger partial charge in [-0.25, -0.2) is 14.4 Å². The van der Waals surface area contributed by atoms with Crippen molar-refractivity contribution in [3.05, 3.63) is 46.2 Å². The van der Waals surface area contributed by atoms with E-state index in [2.05, 4.69) is 20.6 Å². The Morgan fingerprint density at radius 1 is 1.42 bits per heavy atom. The molecule has 0 radical (unpaired) electrons. The van der Waals surface area contributed by atoms with E-state index in [1.54, 1.807) is 23.5 Å². The van der Waals surface area contributed by atoms with E-state index < -0.39 is 0 Å². The van der Waals surface area contributed by atoms with Crippen molar-refractivity contribution in [1.82, 2.24) is 15.6 Å². The smallest absolute Gasteiger partial charge is 0.191 e. The van der Waals surface area contributed by atoms with Gasteiger partial charge in [0, 0.05) is 17.5 Å². The zero-order chi connectivity index (χ0) is 17.4. The fourth-order valence-corrected chi connectivity index (χ4v) is 2.73. The van der Waals surface area contributed by atoms with Gasteiger partial charge in [-0.2, -0.15) is 0 Å². The summed E-state index contributed by atoms with van der Waals surface area (Å²) in [6.45, 7) is 7.84. The second-order valence-corrected chi connectivity index (χ2v) is 6.26. The highest BCUT2D eigenvalue weighted by Crippen LogP contribution is 2.14. The molecule has 0 aliphatic carbocycles. The standard InChI is InChI=1S/C17H23FN4OS/c1-4-19-17(21-10-16-13(3)22-11-24-16)20-9-12(2)23-15-7-5-6-14(18)8-15/h5-8,11-12H,4,9-10H2,1-3H3,(H2,19,20,21). The van der Waals surface area contributed by atoms with Crippen molar-refractivity contribution >= 4 is 17.3 Å². The van der Waals surface area contributed by atoms with Crippen LogP contribution in [-0.4, -0.2) is 30.1 Å². The third kappa shape index (κ3) is 5.81. The number of nitrogens with zero attached hydrogens (tertiary/aromatic N) is 2. The number of halogens is 1. The normalized spacial score (nSPS) is 12.8. The van der Waals surface area contributed by atoms with Crippen LogP contribution in [0.1, 0.15) is 24.4 Å². The first kappa shape index (κ1) is 18.2.